The van der Waals surface area contributed by atoms with E-state index >= 15 is 0 Å². The summed E-state index contributed by atoms with van der Waals surface area (Å²) < 4.78 is 38.6. The van der Waals surface area contributed by atoms with Gasteiger partial charge in [-0.05, 0) is 30.7 Å². The van der Waals surface area contributed by atoms with Gasteiger partial charge in [-0.3, -0.25) is 14.4 Å². The lowest BCUT2D eigenvalue weighted by atomic mass is 9.96. The molecule has 1 heterocycles. The highest BCUT2D eigenvalue weighted by Crippen LogP contribution is 2.30. The second-order valence-electron chi connectivity index (χ2n) is 5.04. The summed E-state index contributed by atoms with van der Waals surface area (Å²) in [6, 6.07) is 4.03. The Hall–Kier alpha value is -3.03. The van der Waals surface area contributed by atoms with Gasteiger partial charge in [-0.2, -0.15) is 8.78 Å². The van der Waals surface area contributed by atoms with Crippen LogP contribution in [0.5, 0.6) is 11.5 Å². The van der Waals surface area contributed by atoms with E-state index in [0.717, 1.165) is 12.2 Å². The number of hydrogen-bond donors (Lipinski definition) is 0. The summed E-state index contributed by atoms with van der Waals surface area (Å²) in [5.41, 5.74) is 0.426. The van der Waals surface area contributed by atoms with Crippen LogP contribution in [0.2, 0.25) is 0 Å². The third-order valence-electron chi connectivity index (χ3n) is 3.26. The number of rotatable bonds is 6. The fourth-order valence-corrected chi connectivity index (χ4v) is 2.16. The van der Waals surface area contributed by atoms with Crippen molar-refractivity contribution in [1.82, 2.24) is 0 Å². The number of benzene rings is 1. The molecule has 6 nitrogen and oxygen atoms in total. The summed E-state index contributed by atoms with van der Waals surface area (Å²) in [5, 5.41) is 0. The molecule has 0 bridgehead atoms. The highest BCUT2D eigenvalue weighted by atomic mass is 19.3. The molecule has 8 heteroatoms. The van der Waals surface area contributed by atoms with Crippen LogP contribution in [0, 0.1) is 5.92 Å². The fourth-order valence-electron chi connectivity index (χ4n) is 2.16. The zero-order chi connectivity index (χ0) is 18.6. The van der Waals surface area contributed by atoms with Crippen molar-refractivity contribution in [2.24, 2.45) is 5.92 Å². The number of cyclic esters (lactones) is 1. The Morgan fingerprint density at radius 1 is 1.28 bits per heavy atom. The van der Waals surface area contributed by atoms with Crippen molar-refractivity contribution >= 4 is 23.6 Å². The molecule has 0 spiro atoms. The first-order valence-corrected chi connectivity index (χ1v) is 7.10. The summed E-state index contributed by atoms with van der Waals surface area (Å²) in [6.07, 6.45) is 3.45. The van der Waals surface area contributed by atoms with Crippen LogP contribution in [0.4, 0.5) is 8.78 Å². The van der Waals surface area contributed by atoms with Crippen molar-refractivity contribution in [2.45, 2.75) is 13.5 Å². The van der Waals surface area contributed by atoms with Crippen LogP contribution < -0.4 is 9.47 Å². The van der Waals surface area contributed by atoms with Gasteiger partial charge in [-0.1, -0.05) is 12.1 Å². The monoisotopic (exact) mass is 352 g/mol. The largest absolute Gasteiger partial charge is 0.493 e. The molecule has 0 radical (unpaired) electrons. The van der Waals surface area contributed by atoms with Crippen LogP contribution in [-0.2, 0) is 19.1 Å². The van der Waals surface area contributed by atoms with Crippen LogP contribution in [0.15, 0.2) is 36.1 Å². The van der Waals surface area contributed by atoms with Crippen molar-refractivity contribution in [3.8, 4) is 11.5 Å². The first-order valence-electron chi connectivity index (χ1n) is 7.10. The zero-order valence-corrected chi connectivity index (χ0v) is 13.3. The number of halogens is 2. The summed E-state index contributed by atoms with van der Waals surface area (Å²) in [5.74, 6) is -3.86. The van der Waals surface area contributed by atoms with Gasteiger partial charge in [0.15, 0.2) is 29.0 Å². The Labute approximate surface area is 141 Å². The Bertz CT molecular complexity index is 766. The Morgan fingerprint density at radius 3 is 2.60 bits per heavy atom. The average molecular weight is 352 g/mol. The molecule has 1 unspecified atom stereocenters. The van der Waals surface area contributed by atoms with Crippen molar-refractivity contribution in [2.75, 3.05) is 7.11 Å². The maximum absolute atomic E-state index is 12.3. The number of esters is 1. The summed E-state index contributed by atoms with van der Waals surface area (Å²) in [4.78, 5) is 35.5. The van der Waals surface area contributed by atoms with Crippen LogP contribution in [0.25, 0.3) is 6.08 Å². The zero-order valence-electron chi connectivity index (χ0n) is 13.3. The fraction of sp³-hybridized carbons (Fsp3) is 0.235. The van der Waals surface area contributed by atoms with Crippen molar-refractivity contribution < 1.29 is 37.4 Å². The Morgan fingerprint density at radius 2 is 2.00 bits per heavy atom. The molecule has 132 valence electrons. The van der Waals surface area contributed by atoms with Gasteiger partial charge >= 0.3 is 12.6 Å². The molecule has 25 heavy (non-hydrogen) atoms. The lowest BCUT2D eigenvalue weighted by Gasteiger charge is -2.15. The molecule has 0 aromatic heterocycles. The van der Waals surface area contributed by atoms with E-state index in [2.05, 4.69) is 4.74 Å². The standard InChI is InChI=1S/C17H14F2O6/c1-9-7-12(21)15(16(22)24-9)11(20)5-3-10-4-6-13(25-17(18)19)14(8-10)23-2/h3-8,15,17H,1-2H3/b5-3+. The molecule has 2 rings (SSSR count). The third kappa shape index (κ3) is 4.50. The maximum atomic E-state index is 12.3. The lowest BCUT2D eigenvalue weighted by molar-refractivity contribution is -0.151. The predicted molar refractivity (Wildman–Crippen MR) is 82.0 cm³/mol. The lowest BCUT2D eigenvalue weighted by Crippen LogP contribution is -2.34. The molecule has 1 aliphatic rings. The predicted octanol–water partition coefficient (Wildman–Crippen LogP) is 2.52. The average Bonchev–Trinajstić information content (AvgIpc) is 2.52. The summed E-state index contributed by atoms with van der Waals surface area (Å²) >= 11 is 0. The van der Waals surface area contributed by atoms with Gasteiger partial charge < -0.3 is 14.2 Å². The topological polar surface area (TPSA) is 78.9 Å². The van der Waals surface area contributed by atoms with Gasteiger partial charge in [-0.25, -0.2) is 0 Å². The second kappa shape index (κ2) is 7.69. The van der Waals surface area contributed by atoms with Crippen molar-refractivity contribution in [3.63, 3.8) is 0 Å². The number of carbonyl (C=O) groups excluding carboxylic acids is 3. The van der Waals surface area contributed by atoms with Gasteiger partial charge in [0.05, 0.1) is 7.11 Å². The number of alkyl halides is 2. The third-order valence-corrected chi connectivity index (χ3v) is 3.26. The molecule has 1 aromatic carbocycles. The van der Waals surface area contributed by atoms with Crippen molar-refractivity contribution in [3.05, 3.63) is 41.7 Å². The number of ether oxygens (including phenoxy) is 3. The highest BCUT2D eigenvalue weighted by molar-refractivity contribution is 6.25. The number of ketones is 2. The van der Waals surface area contributed by atoms with Crippen LogP contribution in [-0.4, -0.2) is 31.3 Å². The van der Waals surface area contributed by atoms with Gasteiger partial charge in [0, 0.05) is 6.08 Å². The van der Waals surface area contributed by atoms with E-state index in [1.54, 1.807) is 0 Å². The van der Waals surface area contributed by atoms with Crippen molar-refractivity contribution in [1.29, 1.82) is 0 Å². The molecule has 0 amide bonds. The minimum Gasteiger partial charge on any atom is -0.493 e. The van der Waals surface area contributed by atoms with E-state index in [0.29, 0.717) is 5.56 Å². The van der Waals surface area contributed by atoms with E-state index < -0.39 is 30.1 Å². The number of carbonyl (C=O) groups is 3. The maximum Gasteiger partial charge on any atom is 0.387 e. The van der Waals surface area contributed by atoms with E-state index in [4.69, 9.17) is 9.47 Å². The summed E-state index contributed by atoms with van der Waals surface area (Å²) in [6.45, 7) is -1.57. The number of methoxy groups -OCH3 is 1. The minimum atomic E-state index is -3.00. The molecule has 1 atom stereocenters. The Kier molecular flexibility index (Phi) is 5.63. The number of hydrogen-bond acceptors (Lipinski definition) is 6. The molecule has 0 N–H and O–H groups in total. The molecule has 0 fully saturated rings. The van der Waals surface area contributed by atoms with Gasteiger partial charge in [0.2, 0.25) is 0 Å². The molecular formula is C17H14F2O6. The van der Waals surface area contributed by atoms with Gasteiger partial charge in [0.1, 0.15) is 5.76 Å². The minimum absolute atomic E-state index is 0.0432. The second-order valence-corrected chi connectivity index (χ2v) is 5.04. The SMILES string of the molecule is COc1cc(/C=C/C(=O)C2C(=O)C=C(C)OC2=O)ccc1OC(F)F. The number of allylic oxidation sites excluding steroid dienone is 3. The van der Waals surface area contributed by atoms with Crippen LogP contribution >= 0.6 is 0 Å². The smallest absolute Gasteiger partial charge is 0.387 e. The summed E-state index contributed by atoms with van der Waals surface area (Å²) in [7, 11) is 1.28. The highest BCUT2D eigenvalue weighted by Gasteiger charge is 2.36. The molecular weight excluding hydrogens is 338 g/mol. The van der Waals surface area contributed by atoms with Crippen LogP contribution in [0.1, 0.15) is 12.5 Å². The molecule has 1 aliphatic heterocycles. The molecule has 0 saturated heterocycles. The molecule has 1 aromatic rings. The Balaban J connectivity index is 2.17. The molecule has 0 saturated carbocycles. The quantitative estimate of drug-likeness (QED) is 0.445. The normalized spacial score (nSPS) is 17.5. The van der Waals surface area contributed by atoms with E-state index in [-0.39, 0.29) is 17.3 Å². The van der Waals surface area contributed by atoms with Crippen LogP contribution in [0.3, 0.4) is 0 Å². The first kappa shape index (κ1) is 18.3. The first-order chi connectivity index (χ1) is 11.8. The van der Waals surface area contributed by atoms with E-state index in [9.17, 15) is 23.2 Å². The van der Waals surface area contributed by atoms with Gasteiger partial charge in [0.25, 0.3) is 0 Å². The van der Waals surface area contributed by atoms with Gasteiger partial charge in [-0.15, -0.1) is 0 Å². The molecule has 0 aliphatic carbocycles. The van der Waals surface area contributed by atoms with E-state index in [1.165, 1.54) is 38.3 Å². The van der Waals surface area contributed by atoms with E-state index in [1.807, 2.05) is 0 Å².